The van der Waals surface area contributed by atoms with E-state index in [0.717, 1.165) is 9.79 Å². The summed E-state index contributed by atoms with van der Waals surface area (Å²) in [5.41, 5.74) is 0.987. The highest BCUT2D eigenvalue weighted by atomic mass is 32.2. The molecule has 0 fully saturated rings. The van der Waals surface area contributed by atoms with Crippen molar-refractivity contribution in [2.24, 2.45) is 11.8 Å². The van der Waals surface area contributed by atoms with E-state index in [0.29, 0.717) is 35.8 Å². The third kappa shape index (κ3) is 8.50. The minimum atomic E-state index is -0.315. The minimum absolute atomic E-state index is 0.120. The van der Waals surface area contributed by atoms with E-state index in [4.69, 9.17) is 0 Å². The van der Waals surface area contributed by atoms with Crippen LogP contribution in [0, 0.1) is 11.8 Å². The van der Waals surface area contributed by atoms with Gasteiger partial charge in [-0.25, -0.2) is 0 Å². The van der Waals surface area contributed by atoms with Crippen molar-refractivity contribution in [1.82, 2.24) is 10.6 Å². The fourth-order valence-electron chi connectivity index (χ4n) is 3.63. The number of hydrogen-bond donors (Lipinski definition) is 4. The summed E-state index contributed by atoms with van der Waals surface area (Å²) < 4.78 is 0. The molecule has 0 aromatic heterocycles. The molecule has 0 unspecified atom stereocenters. The average Bonchev–Trinajstić information content (AvgIpc) is 2.78. The monoisotopic (exact) mass is 472 g/mol. The number of hydrogen-bond acceptors (Lipinski definition) is 5. The molecule has 33 heavy (non-hydrogen) atoms. The van der Waals surface area contributed by atoms with Crippen LogP contribution < -0.4 is 10.6 Å². The molecule has 0 bridgehead atoms. The Morgan fingerprint density at radius 2 is 1.09 bits per heavy atom. The van der Waals surface area contributed by atoms with Crippen LogP contribution in [-0.4, -0.2) is 47.3 Å². The van der Waals surface area contributed by atoms with Gasteiger partial charge in [-0.15, -0.1) is 0 Å². The van der Waals surface area contributed by atoms with Crippen molar-refractivity contribution in [2.75, 3.05) is 13.2 Å². The molecule has 2 aromatic rings. The highest BCUT2D eigenvalue weighted by Gasteiger charge is 2.20. The SMILES string of the molecule is CC(C)C[C@@H](CO)NC(=O)c1ccccc1Sc1ccccc1C(=O)N[C@H](CO)CC(C)C. The maximum atomic E-state index is 13.0. The molecule has 0 aliphatic rings. The predicted molar refractivity (Wildman–Crippen MR) is 133 cm³/mol. The number of aliphatic hydroxyl groups excluding tert-OH is 2. The first-order valence-electron chi connectivity index (χ1n) is 11.4. The maximum Gasteiger partial charge on any atom is 0.252 e. The molecule has 0 saturated carbocycles. The zero-order valence-corrected chi connectivity index (χ0v) is 20.7. The van der Waals surface area contributed by atoms with Crippen LogP contribution in [0.25, 0.3) is 0 Å². The first-order valence-corrected chi connectivity index (χ1v) is 12.3. The molecule has 2 atom stereocenters. The molecule has 7 heteroatoms. The lowest BCUT2D eigenvalue weighted by Gasteiger charge is -2.20. The van der Waals surface area contributed by atoms with Crippen LogP contribution in [0.4, 0.5) is 0 Å². The van der Waals surface area contributed by atoms with Crippen molar-refractivity contribution in [3.8, 4) is 0 Å². The van der Waals surface area contributed by atoms with Gasteiger partial charge in [-0.05, 0) is 48.9 Å². The van der Waals surface area contributed by atoms with Gasteiger partial charge in [0.25, 0.3) is 11.8 Å². The molecule has 2 aromatic carbocycles. The smallest absolute Gasteiger partial charge is 0.252 e. The molecule has 6 nitrogen and oxygen atoms in total. The highest BCUT2D eigenvalue weighted by Crippen LogP contribution is 2.33. The zero-order chi connectivity index (χ0) is 24.4. The minimum Gasteiger partial charge on any atom is -0.394 e. The molecule has 180 valence electrons. The summed E-state index contributed by atoms with van der Waals surface area (Å²) in [7, 11) is 0. The summed E-state index contributed by atoms with van der Waals surface area (Å²) in [6.07, 6.45) is 1.37. The van der Waals surface area contributed by atoms with Crippen LogP contribution in [0.3, 0.4) is 0 Å². The number of nitrogens with one attached hydrogen (secondary N) is 2. The Morgan fingerprint density at radius 1 is 0.727 bits per heavy atom. The van der Waals surface area contributed by atoms with Crippen molar-refractivity contribution < 1.29 is 19.8 Å². The highest BCUT2D eigenvalue weighted by molar-refractivity contribution is 7.99. The first kappa shape index (κ1) is 26.9. The van der Waals surface area contributed by atoms with Crippen molar-refractivity contribution in [1.29, 1.82) is 0 Å². The molecular weight excluding hydrogens is 436 g/mol. The van der Waals surface area contributed by atoms with Crippen LogP contribution in [0.2, 0.25) is 0 Å². The molecule has 0 aliphatic heterocycles. The second-order valence-corrected chi connectivity index (χ2v) is 10.1. The van der Waals surface area contributed by atoms with E-state index in [2.05, 4.69) is 10.6 Å². The summed E-state index contributed by atoms with van der Waals surface area (Å²) in [4.78, 5) is 27.4. The molecule has 0 heterocycles. The zero-order valence-electron chi connectivity index (χ0n) is 19.9. The maximum absolute atomic E-state index is 13.0. The lowest BCUT2D eigenvalue weighted by molar-refractivity contribution is 0.0898. The number of amides is 2. The van der Waals surface area contributed by atoms with Crippen molar-refractivity contribution in [3.05, 3.63) is 59.7 Å². The summed E-state index contributed by atoms with van der Waals surface area (Å²) >= 11 is 1.35. The third-order valence-electron chi connectivity index (χ3n) is 5.11. The Morgan fingerprint density at radius 3 is 1.42 bits per heavy atom. The van der Waals surface area contributed by atoms with Crippen LogP contribution in [-0.2, 0) is 0 Å². The van der Waals surface area contributed by atoms with E-state index in [1.807, 2.05) is 52.0 Å². The molecule has 2 rings (SSSR count). The van der Waals surface area contributed by atoms with Gasteiger partial charge in [-0.1, -0.05) is 63.7 Å². The molecule has 0 radical (unpaired) electrons. The van der Waals surface area contributed by atoms with Crippen molar-refractivity contribution >= 4 is 23.6 Å². The molecule has 0 aliphatic carbocycles. The Balaban J connectivity index is 2.24. The lowest BCUT2D eigenvalue weighted by Crippen LogP contribution is -2.38. The third-order valence-corrected chi connectivity index (χ3v) is 6.26. The largest absolute Gasteiger partial charge is 0.394 e. The molecule has 2 amide bonds. The summed E-state index contributed by atoms with van der Waals surface area (Å²) in [6, 6.07) is 13.9. The first-order chi connectivity index (χ1) is 15.7. The van der Waals surface area contributed by atoms with Gasteiger partial charge in [0.15, 0.2) is 0 Å². The van der Waals surface area contributed by atoms with E-state index in [1.165, 1.54) is 11.8 Å². The van der Waals surface area contributed by atoms with Crippen LogP contribution >= 0.6 is 11.8 Å². The van der Waals surface area contributed by atoms with Gasteiger partial charge >= 0.3 is 0 Å². The van der Waals surface area contributed by atoms with Crippen LogP contribution in [0.15, 0.2) is 58.3 Å². The van der Waals surface area contributed by atoms with E-state index in [1.54, 1.807) is 24.3 Å². The Kier molecular flexibility index (Phi) is 10.9. The Labute approximate surface area is 201 Å². The van der Waals surface area contributed by atoms with Gasteiger partial charge in [0.1, 0.15) is 0 Å². The van der Waals surface area contributed by atoms with E-state index in [-0.39, 0.29) is 37.1 Å². The van der Waals surface area contributed by atoms with Gasteiger partial charge in [0.2, 0.25) is 0 Å². The number of aliphatic hydroxyl groups is 2. The van der Waals surface area contributed by atoms with Gasteiger partial charge in [-0.3, -0.25) is 9.59 Å². The topological polar surface area (TPSA) is 98.7 Å². The van der Waals surface area contributed by atoms with Crippen molar-refractivity contribution in [3.63, 3.8) is 0 Å². The van der Waals surface area contributed by atoms with Gasteiger partial charge < -0.3 is 20.8 Å². The summed E-state index contributed by atoms with van der Waals surface area (Å²) in [6.45, 7) is 7.94. The fraction of sp³-hybridized carbons (Fsp3) is 0.462. The standard InChI is InChI=1S/C26H36N2O4S/c1-17(2)13-19(15-29)27-25(31)21-9-5-7-11-23(21)33-24-12-8-6-10-22(24)26(32)28-20(16-30)14-18(3)4/h5-12,17-20,29-30H,13-16H2,1-4H3,(H,27,31)(H,28,32)/t19-,20-/m0/s1. The summed E-state index contributed by atoms with van der Waals surface area (Å²) in [5.74, 6) is 0.181. The molecule has 4 N–H and O–H groups in total. The second kappa shape index (κ2) is 13.4. The Hall–Kier alpha value is -2.35. The van der Waals surface area contributed by atoms with E-state index < -0.39 is 0 Å². The van der Waals surface area contributed by atoms with Gasteiger partial charge in [0.05, 0.1) is 36.4 Å². The Bertz CT molecular complexity index is 843. The quantitative estimate of drug-likeness (QED) is 0.373. The second-order valence-electron chi connectivity index (χ2n) is 9.06. The molecule has 0 saturated heterocycles. The van der Waals surface area contributed by atoms with E-state index in [9.17, 15) is 19.8 Å². The predicted octanol–water partition coefficient (Wildman–Crippen LogP) is 4.11. The number of carbonyl (C=O) groups excluding carboxylic acids is 2. The summed E-state index contributed by atoms with van der Waals surface area (Å²) in [5, 5.41) is 25.1. The number of rotatable bonds is 12. The normalized spacial score (nSPS) is 13.1. The van der Waals surface area contributed by atoms with Crippen LogP contribution in [0.1, 0.15) is 61.3 Å². The van der Waals surface area contributed by atoms with Crippen LogP contribution in [0.5, 0.6) is 0 Å². The fourth-order valence-corrected chi connectivity index (χ4v) is 4.70. The van der Waals surface area contributed by atoms with Gasteiger partial charge in [-0.2, -0.15) is 0 Å². The molecular formula is C26H36N2O4S. The van der Waals surface area contributed by atoms with Crippen molar-refractivity contribution in [2.45, 2.75) is 62.4 Å². The number of carbonyl (C=O) groups is 2. The van der Waals surface area contributed by atoms with E-state index >= 15 is 0 Å². The van der Waals surface area contributed by atoms with Gasteiger partial charge in [0, 0.05) is 9.79 Å². The lowest BCUT2D eigenvalue weighted by atomic mass is 10.0. The number of benzene rings is 2. The average molecular weight is 473 g/mol. The molecule has 0 spiro atoms.